The molecule has 2 aromatic rings. The second-order valence-corrected chi connectivity index (χ2v) is 6.74. The molecule has 19 heavy (non-hydrogen) atoms. The summed E-state index contributed by atoms with van der Waals surface area (Å²) in [6.07, 6.45) is 4.80. The van der Waals surface area contributed by atoms with Crippen LogP contribution in [0.1, 0.15) is 41.5 Å². The lowest BCUT2D eigenvalue weighted by Gasteiger charge is -2.00. The highest BCUT2D eigenvalue weighted by molar-refractivity contribution is 7.15. The van der Waals surface area contributed by atoms with E-state index in [2.05, 4.69) is 27.0 Å². The Morgan fingerprint density at radius 2 is 2.32 bits per heavy atom. The standard InChI is InChI=1S/C13H15N3OS2/c17-11(5-1-3-10-4-2-8-18-10)14-13-16-15-12(19-13)9-6-7-9/h2,4,8-9H,1,3,5-7H2,(H,14,16,17). The Morgan fingerprint density at radius 1 is 1.42 bits per heavy atom. The van der Waals surface area contributed by atoms with E-state index in [0.29, 0.717) is 17.5 Å². The third-order valence-corrected chi connectivity index (χ3v) is 4.96. The van der Waals surface area contributed by atoms with Crippen LogP contribution in [0.2, 0.25) is 0 Å². The Labute approximate surface area is 119 Å². The van der Waals surface area contributed by atoms with Crippen molar-refractivity contribution in [1.29, 1.82) is 0 Å². The summed E-state index contributed by atoms with van der Waals surface area (Å²) in [5.41, 5.74) is 0. The van der Waals surface area contributed by atoms with Crippen LogP contribution >= 0.6 is 22.7 Å². The molecular formula is C13H15N3OS2. The van der Waals surface area contributed by atoms with Gasteiger partial charge in [0, 0.05) is 17.2 Å². The summed E-state index contributed by atoms with van der Waals surface area (Å²) in [6, 6.07) is 4.15. The maximum Gasteiger partial charge on any atom is 0.226 e. The van der Waals surface area contributed by atoms with Gasteiger partial charge in [-0.2, -0.15) is 0 Å². The summed E-state index contributed by atoms with van der Waals surface area (Å²) in [7, 11) is 0. The lowest BCUT2D eigenvalue weighted by atomic mass is 10.2. The molecule has 6 heteroatoms. The van der Waals surface area contributed by atoms with Crippen molar-refractivity contribution in [3.05, 3.63) is 27.4 Å². The number of carbonyl (C=O) groups excluding carboxylic acids is 1. The summed E-state index contributed by atoms with van der Waals surface area (Å²) in [5.74, 6) is 0.636. The number of hydrogen-bond donors (Lipinski definition) is 1. The van der Waals surface area contributed by atoms with Gasteiger partial charge in [0.05, 0.1) is 0 Å². The molecule has 0 radical (unpaired) electrons. The Kier molecular flexibility index (Phi) is 3.89. The number of nitrogens with zero attached hydrogens (tertiary/aromatic N) is 2. The highest BCUT2D eigenvalue weighted by Gasteiger charge is 2.27. The predicted molar refractivity (Wildman–Crippen MR) is 77.8 cm³/mol. The summed E-state index contributed by atoms with van der Waals surface area (Å²) in [4.78, 5) is 13.1. The van der Waals surface area contributed by atoms with Crippen LogP contribution in [-0.2, 0) is 11.2 Å². The SMILES string of the molecule is O=C(CCCc1cccs1)Nc1nnc(C2CC2)s1. The van der Waals surface area contributed by atoms with Gasteiger partial charge in [-0.3, -0.25) is 4.79 Å². The highest BCUT2D eigenvalue weighted by Crippen LogP contribution is 2.42. The third-order valence-electron chi connectivity index (χ3n) is 3.02. The molecule has 2 heterocycles. The molecule has 4 nitrogen and oxygen atoms in total. The van der Waals surface area contributed by atoms with E-state index in [1.807, 2.05) is 6.07 Å². The van der Waals surface area contributed by atoms with Crippen molar-refractivity contribution in [1.82, 2.24) is 10.2 Å². The maximum absolute atomic E-state index is 11.8. The molecule has 0 spiro atoms. The molecule has 1 N–H and O–H groups in total. The van der Waals surface area contributed by atoms with E-state index in [1.165, 1.54) is 29.1 Å². The van der Waals surface area contributed by atoms with Crippen LogP contribution < -0.4 is 5.32 Å². The number of nitrogens with one attached hydrogen (secondary N) is 1. The number of thiophene rings is 1. The molecule has 0 bridgehead atoms. The van der Waals surface area contributed by atoms with Gasteiger partial charge in [-0.05, 0) is 37.1 Å². The van der Waals surface area contributed by atoms with E-state index < -0.39 is 0 Å². The van der Waals surface area contributed by atoms with Crippen molar-refractivity contribution in [2.75, 3.05) is 5.32 Å². The Hall–Kier alpha value is -1.27. The van der Waals surface area contributed by atoms with E-state index in [4.69, 9.17) is 0 Å². The lowest BCUT2D eigenvalue weighted by Crippen LogP contribution is -2.11. The first-order valence-electron chi connectivity index (χ1n) is 6.47. The van der Waals surface area contributed by atoms with E-state index in [9.17, 15) is 4.79 Å². The van der Waals surface area contributed by atoms with Crippen LogP contribution in [0.15, 0.2) is 17.5 Å². The minimum Gasteiger partial charge on any atom is -0.301 e. The summed E-state index contributed by atoms with van der Waals surface area (Å²) < 4.78 is 0. The van der Waals surface area contributed by atoms with Gasteiger partial charge < -0.3 is 5.32 Å². The van der Waals surface area contributed by atoms with Crippen LogP contribution in [0.4, 0.5) is 5.13 Å². The van der Waals surface area contributed by atoms with Gasteiger partial charge in [0.1, 0.15) is 5.01 Å². The minimum absolute atomic E-state index is 0.0371. The number of aromatic nitrogens is 2. The lowest BCUT2D eigenvalue weighted by molar-refractivity contribution is -0.116. The third kappa shape index (κ3) is 3.61. The van der Waals surface area contributed by atoms with E-state index in [1.54, 1.807) is 11.3 Å². The first-order chi connectivity index (χ1) is 9.31. The van der Waals surface area contributed by atoms with Crippen LogP contribution in [0.25, 0.3) is 0 Å². The summed E-state index contributed by atoms with van der Waals surface area (Å²) in [6.45, 7) is 0. The number of rotatable bonds is 6. The quantitative estimate of drug-likeness (QED) is 0.887. The fraction of sp³-hybridized carbons (Fsp3) is 0.462. The van der Waals surface area contributed by atoms with Gasteiger partial charge in [0.25, 0.3) is 0 Å². The maximum atomic E-state index is 11.8. The van der Waals surface area contributed by atoms with Gasteiger partial charge in [0.15, 0.2) is 0 Å². The molecule has 1 aliphatic carbocycles. The summed E-state index contributed by atoms with van der Waals surface area (Å²) >= 11 is 3.25. The topological polar surface area (TPSA) is 54.9 Å². The average molecular weight is 293 g/mol. The van der Waals surface area contributed by atoms with Gasteiger partial charge >= 0.3 is 0 Å². The minimum atomic E-state index is 0.0371. The van der Waals surface area contributed by atoms with Crippen LogP contribution in [0.3, 0.4) is 0 Å². The average Bonchev–Trinajstić information content (AvgIpc) is 2.92. The Morgan fingerprint density at radius 3 is 3.05 bits per heavy atom. The first kappa shape index (κ1) is 12.7. The zero-order valence-electron chi connectivity index (χ0n) is 10.5. The van der Waals surface area contributed by atoms with Crippen molar-refractivity contribution in [3.63, 3.8) is 0 Å². The largest absolute Gasteiger partial charge is 0.301 e. The molecule has 0 atom stereocenters. The Bertz CT molecular complexity index is 546. The second kappa shape index (κ2) is 5.79. The number of amides is 1. The molecular weight excluding hydrogens is 278 g/mol. The molecule has 0 aromatic carbocycles. The van der Waals surface area contributed by atoms with Crippen molar-refractivity contribution in [2.24, 2.45) is 0 Å². The highest BCUT2D eigenvalue weighted by atomic mass is 32.1. The molecule has 1 fully saturated rings. The molecule has 0 aliphatic heterocycles. The molecule has 100 valence electrons. The van der Waals surface area contributed by atoms with Gasteiger partial charge in [-0.1, -0.05) is 17.4 Å². The number of anilines is 1. The van der Waals surface area contributed by atoms with Gasteiger partial charge in [0.2, 0.25) is 11.0 Å². The molecule has 3 rings (SSSR count). The van der Waals surface area contributed by atoms with E-state index in [-0.39, 0.29) is 5.91 Å². The Balaban J connectivity index is 1.42. The molecule has 0 unspecified atom stereocenters. The monoisotopic (exact) mass is 293 g/mol. The number of hydrogen-bond acceptors (Lipinski definition) is 5. The zero-order valence-corrected chi connectivity index (χ0v) is 12.1. The van der Waals surface area contributed by atoms with Crippen molar-refractivity contribution >= 4 is 33.7 Å². The van der Waals surface area contributed by atoms with E-state index in [0.717, 1.165) is 17.8 Å². The first-order valence-corrected chi connectivity index (χ1v) is 8.16. The fourth-order valence-electron chi connectivity index (χ4n) is 1.84. The molecule has 1 aliphatic rings. The summed E-state index contributed by atoms with van der Waals surface area (Å²) in [5, 5.41) is 14.7. The smallest absolute Gasteiger partial charge is 0.226 e. The normalized spacial score (nSPS) is 14.5. The van der Waals surface area contributed by atoms with Crippen LogP contribution in [0.5, 0.6) is 0 Å². The zero-order chi connectivity index (χ0) is 13.1. The van der Waals surface area contributed by atoms with Crippen molar-refractivity contribution < 1.29 is 4.79 Å². The second-order valence-electron chi connectivity index (χ2n) is 4.70. The predicted octanol–water partition coefficient (Wildman–Crippen LogP) is 3.44. The number of carbonyl (C=O) groups is 1. The van der Waals surface area contributed by atoms with Crippen LogP contribution in [0, 0.1) is 0 Å². The number of aryl methyl sites for hydroxylation is 1. The van der Waals surface area contributed by atoms with Crippen molar-refractivity contribution in [3.8, 4) is 0 Å². The fourth-order valence-corrected chi connectivity index (χ4v) is 3.52. The van der Waals surface area contributed by atoms with Gasteiger partial charge in [-0.15, -0.1) is 21.5 Å². The molecule has 1 amide bonds. The van der Waals surface area contributed by atoms with Crippen LogP contribution in [-0.4, -0.2) is 16.1 Å². The van der Waals surface area contributed by atoms with Gasteiger partial charge in [-0.25, -0.2) is 0 Å². The van der Waals surface area contributed by atoms with Crippen molar-refractivity contribution in [2.45, 2.75) is 38.0 Å². The molecule has 2 aromatic heterocycles. The molecule has 1 saturated carbocycles. The van der Waals surface area contributed by atoms with E-state index >= 15 is 0 Å². The molecule has 0 saturated heterocycles.